The molecule has 0 aromatic heterocycles. The van der Waals surface area contributed by atoms with Crippen molar-refractivity contribution in [2.24, 2.45) is 11.8 Å². The van der Waals surface area contributed by atoms with E-state index in [2.05, 4.69) is 34.8 Å². The van der Waals surface area contributed by atoms with E-state index in [1.165, 1.54) is 25.7 Å². The van der Waals surface area contributed by atoms with Gasteiger partial charge in [-0.05, 0) is 59.4 Å². The minimum absolute atomic E-state index is 0.0678. The molecule has 0 saturated heterocycles. The fourth-order valence-corrected chi connectivity index (χ4v) is 3.36. The molecule has 1 amide bonds. The molecule has 1 aromatic rings. The van der Waals surface area contributed by atoms with Crippen molar-refractivity contribution in [3.8, 4) is 0 Å². The van der Waals surface area contributed by atoms with Crippen LogP contribution in [0.4, 0.5) is 0 Å². The quantitative estimate of drug-likeness (QED) is 0.819. The Balaban J connectivity index is 1.87. The standard InChI is InChI=1S/C15H20INO/c1-11-5-4-6-12(9-11)10-17-15(18)13-7-2-3-8-14(13)16/h2-3,7-8,11-12H,4-6,9-10H2,1H3,(H,17,18). The van der Waals surface area contributed by atoms with E-state index in [4.69, 9.17) is 0 Å². The molecule has 0 bridgehead atoms. The van der Waals surface area contributed by atoms with Crippen molar-refractivity contribution in [1.29, 1.82) is 0 Å². The third kappa shape index (κ3) is 3.70. The molecule has 0 aliphatic heterocycles. The smallest absolute Gasteiger partial charge is 0.252 e. The molecule has 2 rings (SSSR count). The number of halogens is 1. The van der Waals surface area contributed by atoms with Crippen molar-refractivity contribution in [2.75, 3.05) is 6.54 Å². The molecule has 1 saturated carbocycles. The fourth-order valence-electron chi connectivity index (χ4n) is 2.72. The molecule has 2 atom stereocenters. The summed E-state index contributed by atoms with van der Waals surface area (Å²) in [4.78, 5) is 12.1. The van der Waals surface area contributed by atoms with Gasteiger partial charge in [0.25, 0.3) is 5.91 Å². The third-order valence-corrected chi connectivity index (χ3v) is 4.66. The molecule has 1 aliphatic carbocycles. The van der Waals surface area contributed by atoms with Crippen molar-refractivity contribution in [3.05, 3.63) is 33.4 Å². The van der Waals surface area contributed by atoms with Gasteiger partial charge < -0.3 is 5.32 Å². The summed E-state index contributed by atoms with van der Waals surface area (Å²) < 4.78 is 1.02. The van der Waals surface area contributed by atoms with Gasteiger partial charge in [-0.3, -0.25) is 4.79 Å². The van der Waals surface area contributed by atoms with Crippen molar-refractivity contribution in [2.45, 2.75) is 32.6 Å². The Kier molecular flexibility index (Phi) is 5.03. The summed E-state index contributed by atoms with van der Waals surface area (Å²) in [5.74, 6) is 1.55. The number of carbonyl (C=O) groups is 1. The second-order valence-corrected chi connectivity index (χ2v) is 6.49. The Bertz CT molecular complexity index is 419. The maximum Gasteiger partial charge on any atom is 0.252 e. The van der Waals surface area contributed by atoms with Gasteiger partial charge in [-0.15, -0.1) is 0 Å². The van der Waals surface area contributed by atoms with Gasteiger partial charge in [0.2, 0.25) is 0 Å². The van der Waals surface area contributed by atoms with Crippen LogP contribution < -0.4 is 5.32 Å². The highest BCUT2D eigenvalue weighted by molar-refractivity contribution is 14.1. The largest absolute Gasteiger partial charge is 0.352 e. The molecule has 18 heavy (non-hydrogen) atoms. The van der Waals surface area contributed by atoms with Crippen molar-refractivity contribution >= 4 is 28.5 Å². The number of hydrogen-bond acceptors (Lipinski definition) is 1. The predicted octanol–water partition coefficient (Wildman–Crippen LogP) is 3.85. The first-order chi connectivity index (χ1) is 8.66. The van der Waals surface area contributed by atoms with Crippen LogP contribution in [0.2, 0.25) is 0 Å². The lowest BCUT2D eigenvalue weighted by Gasteiger charge is -2.26. The van der Waals surface area contributed by atoms with Crippen molar-refractivity contribution < 1.29 is 4.79 Å². The van der Waals surface area contributed by atoms with E-state index >= 15 is 0 Å². The van der Waals surface area contributed by atoms with Gasteiger partial charge in [0.15, 0.2) is 0 Å². The van der Waals surface area contributed by atoms with Crippen LogP contribution in [0.3, 0.4) is 0 Å². The number of hydrogen-bond donors (Lipinski definition) is 1. The molecule has 98 valence electrons. The van der Waals surface area contributed by atoms with Crippen LogP contribution >= 0.6 is 22.6 Å². The SMILES string of the molecule is CC1CCCC(CNC(=O)c2ccccc2I)C1. The van der Waals surface area contributed by atoms with E-state index in [-0.39, 0.29) is 5.91 Å². The third-order valence-electron chi connectivity index (χ3n) is 3.71. The summed E-state index contributed by atoms with van der Waals surface area (Å²) in [5.41, 5.74) is 0.793. The Morgan fingerprint density at radius 1 is 1.39 bits per heavy atom. The van der Waals surface area contributed by atoms with Crippen molar-refractivity contribution in [1.82, 2.24) is 5.32 Å². The summed E-state index contributed by atoms with van der Waals surface area (Å²) >= 11 is 2.21. The zero-order chi connectivity index (χ0) is 13.0. The molecule has 2 unspecified atom stereocenters. The molecule has 3 heteroatoms. The van der Waals surface area contributed by atoms with Crippen molar-refractivity contribution in [3.63, 3.8) is 0 Å². The molecule has 0 radical (unpaired) electrons. The van der Waals surface area contributed by atoms with Crippen LogP contribution in [0.25, 0.3) is 0 Å². The van der Waals surface area contributed by atoms with Gasteiger partial charge in [0.05, 0.1) is 5.56 Å². The highest BCUT2D eigenvalue weighted by Gasteiger charge is 2.19. The Morgan fingerprint density at radius 2 is 2.17 bits per heavy atom. The number of benzene rings is 1. The minimum Gasteiger partial charge on any atom is -0.352 e. The second kappa shape index (κ2) is 6.55. The number of amides is 1. The fraction of sp³-hybridized carbons (Fsp3) is 0.533. The summed E-state index contributed by atoms with van der Waals surface area (Å²) in [7, 11) is 0. The molecule has 1 N–H and O–H groups in total. The van der Waals surface area contributed by atoms with Crippen LogP contribution in [0, 0.1) is 15.4 Å². The predicted molar refractivity (Wildman–Crippen MR) is 82.6 cm³/mol. The number of nitrogens with one attached hydrogen (secondary N) is 1. The van der Waals surface area contributed by atoms with E-state index in [9.17, 15) is 4.79 Å². The van der Waals surface area contributed by atoms with E-state index < -0.39 is 0 Å². The molecule has 1 aromatic carbocycles. The van der Waals surface area contributed by atoms with E-state index in [1.54, 1.807) is 0 Å². The van der Waals surface area contributed by atoms with Crippen LogP contribution in [0.1, 0.15) is 43.0 Å². The highest BCUT2D eigenvalue weighted by atomic mass is 127. The summed E-state index contributed by atoms with van der Waals surface area (Å²) in [5, 5.41) is 3.09. The average Bonchev–Trinajstić information content (AvgIpc) is 2.37. The maximum absolute atomic E-state index is 12.1. The summed E-state index contributed by atoms with van der Waals surface area (Å²) in [6.45, 7) is 3.14. The molecule has 1 fully saturated rings. The summed E-state index contributed by atoms with van der Waals surface area (Å²) in [6, 6.07) is 7.74. The highest BCUT2D eigenvalue weighted by Crippen LogP contribution is 2.28. The second-order valence-electron chi connectivity index (χ2n) is 5.33. The lowest BCUT2D eigenvalue weighted by atomic mass is 9.82. The van der Waals surface area contributed by atoms with Crippen LogP contribution in [-0.2, 0) is 0 Å². The van der Waals surface area contributed by atoms with E-state index in [0.717, 1.165) is 21.6 Å². The molecular formula is C15H20INO. The lowest BCUT2D eigenvalue weighted by molar-refractivity contribution is 0.0940. The van der Waals surface area contributed by atoms with Gasteiger partial charge >= 0.3 is 0 Å². The van der Waals surface area contributed by atoms with Gasteiger partial charge in [0.1, 0.15) is 0 Å². The first kappa shape index (κ1) is 13.8. The Hall–Kier alpha value is -0.580. The molecular weight excluding hydrogens is 337 g/mol. The van der Waals surface area contributed by atoms with Crippen LogP contribution in [0.5, 0.6) is 0 Å². The lowest BCUT2D eigenvalue weighted by Crippen LogP contribution is -2.31. The topological polar surface area (TPSA) is 29.1 Å². The number of carbonyl (C=O) groups excluding carboxylic acids is 1. The Morgan fingerprint density at radius 3 is 2.89 bits per heavy atom. The molecule has 1 aliphatic rings. The normalized spacial score (nSPS) is 23.7. The first-order valence-corrected chi connectivity index (χ1v) is 7.77. The average molecular weight is 357 g/mol. The van der Waals surface area contributed by atoms with Crippen LogP contribution in [-0.4, -0.2) is 12.5 Å². The maximum atomic E-state index is 12.1. The summed E-state index contributed by atoms with van der Waals surface area (Å²) in [6.07, 6.45) is 5.17. The van der Waals surface area contributed by atoms with E-state index in [0.29, 0.717) is 5.92 Å². The van der Waals surface area contributed by atoms with Gasteiger partial charge in [0, 0.05) is 10.1 Å². The zero-order valence-corrected chi connectivity index (χ0v) is 12.9. The Labute approximate surface area is 123 Å². The molecule has 0 heterocycles. The van der Waals surface area contributed by atoms with Gasteiger partial charge in [-0.2, -0.15) is 0 Å². The van der Waals surface area contributed by atoms with Gasteiger partial charge in [-0.25, -0.2) is 0 Å². The number of rotatable bonds is 3. The first-order valence-electron chi connectivity index (χ1n) is 6.69. The molecule has 0 spiro atoms. The van der Waals surface area contributed by atoms with Gasteiger partial charge in [-0.1, -0.05) is 31.9 Å². The minimum atomic E-state index is 0.0678. The van der Waals surface area contributed by atoms with Crippen LogP contribution in [0.15, 0.2) is 24.3 Å². The monoisotopic (exact) mass is 357 g/mol. The molecule has 2 nitrogen and oxygen atoms in total. The zero-order valence-electron chi connectivity index (χ0n) is 10.8. The van der Waals surface area contributed by atoms with E-state index in [1.807, 2.05) is 24.3 Å².